The normalized spacial score (nSPS) is 13.9. The van der Waals surface area contributed by atoms with Crippen LogP contribution >= 0.6 is 0 Å². The summed E-state index contributed by atoms with van der Waals surface area (Å²) in [5, 5.41) is 0. The molecule has 0 spiro atoms. The fourth-order valence-electron chi connectivity index (χ4n) is 2.56. The molecule has 96 valence electrons. The zero-order valence-corrected chi connectivity index (χ0v) is 10.8. The molecule has 3 rings (SSSR count). The molecule has 0 bridgehead atoms. The van der Waals surface area contributed by atoms with Gasteiger partial charge in [-0.1, -0.05) is 48.5 Å². The lowest BCUT2D eigenvalue weighted by Gasteiger charge is -2.24. The minimum Gasteiger partial charge on any atom is -0.489 e. The summed E-state index contributed by atoms with van der Waals surface area (Å²) in [5.41, 5.74) is 10.7. The van der Waals surface area contributed by atoms with Crippen molar-refractivity contribution in [3.63, 3.8) is 0 Å². The first-order chi connectivity index (χ1) is 9.40. The van der Waals surface area contributed by atoms with E-state index >= 15 is 0 Å². The topological polar surface area (TPSA) is 35.2 Å². The van der Waals surface area contributed by atoms with E-state index in [1.807, 2.05) is 18.2 Å². The molecule has 19 heavy (non-hydrogen) atoms. The third-order valence-electron chi connectivity index (χ3n) is 3.42. The average molecular weight is 251 g/mol. The Hall–Kier alpha value is -2.06. The second kappa shape index (κ2) is 5.29. The summed E-state index contributed by atoms with van der Waals surface area (Å²) in [6.07, 6.45) is 0.874. The van der Waals surface area contributed by atoms with Crippen LogP contribution in [0.25, 0.3) is 5.57 Å². The van der Waals surface area contributed by atoms with Crippen molar-refractivity contribution in [2.75, 3.05) is 13.2 Å². The van der Waals surface area contributed by atoms with Gasteiger partial charge in [0.15, 0.2) is 0 Å². The highest BCUT2D eigenvalue weighted by atomic mass is 16.5. The van der Waals surface area contributed by atoms with Gasteiger partial charge in [-0.15, -0.1) is 0 Å². The number of fused-ring (bicyclic) bond motifs is 1. The molecule has 1 aliphatic heterocycles. The van der Waals surface area contributed by atoms with Crippen LogP contribution in [-0.4, -0.2) is 13.2 Å². The van der Waals surface area contributed by atoms with E-state index in [9.17, 15) is 0 Å². The van der Waals surface area contributed by atoms with Crippen LogP contribution in [0.5, 0.6) is 5.75 Å². The first-order valence-electron chi connectivity index (χ1n) is 6.60. The summed E-state index contributed by atoms with van der Waals surface area (Å²) in [6.45, 7) is 1.29. The largest absolute Gasteiger partial charge is 0.489 e. The summed E-state index contributed by atoms with van der Waals surface area (Å²) >= 11 is 0. The molecular formula is C17H17NO. The molecule has 2 nitrogen and oxygen atoms in total. The van der Waals surface area contributed by atoms with Crippen LogP contribution in [0.3, 0.4) is 0 Å². The molecule has 1 heterocycles. The molecule has 2 aromatic rings. The predicted octanol–water partition coefficient (Wildman–Crippen LogP) is 3.23. The molecule has 0 saturated heterocycles. The molecule has 0 saturated carbocycles. The Morgan fingerprint density at radius 3 is 2.47 bits per heavy atom. The number of para-hydroxylation sites is 1. The van der Waals surface area contributed by atoms with Crippen molar-refractivity contribution in [3.8, 4) is 5.75 Å². The van der Waals surface area contributed by atoms with Crippen LogP contribution in [-0.2, 0) is 0 Å². The summed E-state index contributed by atoms with van der Waals surface area (Å²) in [4.78, 5) is 0. The average Bonchev–Trinajstić information content (AvgIpc) is 2.48. The van der Waals surface area contributed by atoms with E-state index in [-0.39, 0.29) is 0 Å². The summed E-state index contributed by atoms with van der Waals surface area (Å²) in [5.74, 6) is 0.960. The lowest BCUT2D eigenvalue weighted by molar-refractivity contribution is 0.341. The van der Waals surface area contributed by atoms with E-state index in [2.05, 4.69) is 36.4 Å². The molecule has 0 amide bonds. The van der Waals surface area contributed by atoms with Crippen LogP contribution in [0.2, 0.25) is 0 Å². The molecule has 0 unspecified atom stereocenters. The first-order valence-corrected chi connectivity index (χ1v) is 6.60. The summed E-state index contributed by atoms with van der Waals surface area (Å²) < 4.78 is 5.83. The van der Waals surface area contributed by atoms with Crippen LogP contribution in [0.4, 0.5) is 0 Å². The second-order valence-corrected chi connectivity index (χ2v) is 4.67. The van der Waals surface area contributed by atoms with Gasteiger partial charge in [-0.25, -0.2) is 0 Å². The number of hydrogen-bond acceptors (Lipinski definition) is 2. The number of rotatable bonds is 3. The third-order valence-corrected chi connectivity index (χ3v) is 3.42. The Bertz CT molecular complexity index is 602. The molecule has 0 aromatic heterocycles. The maximum Gasteiger partial charge on any atom is 0.127 e. The van der Waals surface area contributed by atoms with Gasteiger partial charge in [0.25, 0.3) is 0 Å². The van der Waals surface area contributed by atoms with Gasteiger partial charge >= 0.3 is 0 Å². The van der Waals surface area contributed by atoms with Crippen molar-refractivity contribution in [2.45, 2.75) is 6.42 Å². The quantitative estimate of drug-likeness (QED) is 0.909. The van der Waals surface area contributed by atoms with Crippen LogP contribution in [0, 0.1) is 0 Å². The minimum absolute atomic E-state index is 0.637. The van der Waals surface area contributed by atoms with Crippen molar-refractivity contribution in [1.29, 1.82) is 0 Å². The van der Waals surface area contributed by atoms with Gasteiger partial charge in [-0.2, -0.15) is 0 Å². The maximum absolute atomic E-state index is 5.83. The molecule has 1 aliphatic rings. The number of benzene rings is 2. The molecule has 2 N–H and O–H groups in total. The molecule has 2 heteroatoms. The van der Waals surface area contributed by atoms with Crippen LogP contribution in [0.15, 0.2) is 60.2 Å². The van der Waals surface area contributed by atoms with E-state index in [0.717, 1.165) is 12.2 Å². The van der Waals surface area contributed by atoms with Gasteiger partial charge in [0.1, 0.15) is 12.4 Å². The monoisotopic (exact) mass is 251 g/mol. The molecule has 0 atom stereocenters. The number of hydrogen-bond donors (Lipinski definition) is 1. The van der Waals surface area contributed by atoms with Crippen molar-refractivity contribution < 1.29 is 4.74 Å². The lowest BCUT2D eigenvalue weighted by atomic mass is 9.90. The molecule has 0 aliphatic carbocycles. The minimum atomic E-state index is 0.637. The van der Waals surface area contributed by atoms with Crippen molar-refractivity contribution >= 4 is 5.57 Å². The molecule has 2 aromatic carbocycles. The Labute approximate surface area is 113 Å². The summed E-state index contributed by atoms with van der Waals surface area (Å²) in [6, 6.07) is 18.7. The van der Waals surface area contributed by atoms with Crippen molar-refractivity contribution in [1.82, 2.24) is 0 Å². The Balaban J connectivity index is 2.18. The highest BCUT2D eigenvalue weighted by molar-refractivity contribution is 5.86. The summed E-state index contributed by atoms with van der Waals surface area (Å²) in [7, 11) is 0. The Kier molecular flexibility index (Phi) is 3.34. The van der Waals surface area contributed by atoms with Gasteiger partial charge in [-0.3, -0.25) is 0 Å². The fourth-order valence-corrected chi connectivity index (χ4v) is 2.56. The number of ether oxygens (including phenoxy) is 1. The second-order valence-electron chi connectivity index (χ2n) is 4.67. The van der Waals surface area contributed by atoms with Crippen LogP contribution < -0.4 is 10.5 Å². The van der Waals surface area contributed by atoms with Crippen molar-refractivity contribution in [2.24, 2.45) is 5.73 Å². The highest BCUT2D eigenvalue weighted by Crippen LogP contribution is 2.37. The first kappa shape index (κ1) is 12.0. The SMILES string of the molecule is NCCC1=C(c2ccccc2)c2ccccc2OC1. The molecule has 0 fully saturated rings. The highest BCUT2D eigenvalue weighted by Gasteiger charge is 2.20. The van der Waals surface area contributed by atoms with E-state index < -0.39 is 0 Å². The van der Waals surface area contributed by atoms with E-state index in [1.165, 1.54) is 22.3 Å². The van der Waals surface area contributed by atoms with E-state index in [0.29, 0.717) is 13.2 Å². The van der Waals surface area contributed by atoms with E-state index in [1.54, 1.807) is 0 Å². The predicted molar refractivity (Wildman–Crippen MR) is 78.1 cm³/mol. The van der Waals surface area contributed by atoms with Gasteiger partial charge < -0.3 is 10.5 Å². The van der Waals surface area contributed by atoms with Gasteiger partial charge in [0.05, 0.1) is 0 Å². The smallest absolute Gasteiger partial charge is 0.127 e. The maximum atomic E-state index is 5.83. The van der Waals surface area contributed by atoms with Gasteiger partial charge in [0.2, 0.25) is 0 Å². The van der Waals surface area contributed by atoms with Crippen LogP contribution in [0.1, 0.15) is 17.5 Å². The fraction of sp³-hybridized carbons (Fsp3) is 0.176. The van der Waals surface area contributed by atoms with Gasteiger partial charge in [0, 0.05) is 5.56 Å². The zero-order valence-electron chi connectivity index (χ0n) is 10.8. The standard InChI is InChI=1S/C17H17NO/c18-11-10-14-12-19-16-9-5-4-8-15(16)17(14)13-6-2-1-3-7-13/h1-9H,10-12,18H2. The van der Waals surface area contributed by atoms with E-state index in [4.69, 9.17) is 10.5 Å². The van der Waals surface area contributed by atoms with Gasteiger partial charge in [-0.05, 0) is 35.7 Å². The zero-order chi connectivity index (χ0) is 13.1. The molecule has 0 radical (unpaired) electrons. The Morgan fingerprint density at radius 2 is 1.68 bits per heavy atom. The lowest BCUT2D eigenvalue weighted by Crippen LogP contribution is -2.15. The molecular weight excluding hydrogens is 234 g/mol. The third kappa shape index (κ3) is 2.27. The Morgan fingerprint density at radius 1 is 0.947 bits per heavy atom. The van der Waals surface area contributed by atoms with Crippen molar-refractivity contribution in [3.05, 3.63) is 71.3 Å². The number of nitrogens with two attached hydrogens (primary N) is 1.